The van der Waals surface area contributed by atoms with Crippen LogP contribution < -0.4 is 0 Å². The van der Waals surface area contributed by atoms with Crippen LogP contribution in [0.3, 0.4) is 0 Å². The molecule has 20 heavy (non-hydrogen) atoms. The third-order valence-electron chi connectivity index (χ3n) is 4.10. The van der Waals surface area contributed by atoms with Crippen molar-refractivity contribution in [2.45, 2.75) is 12.8 Å². The van der Waals surface area contributed by atoms with E-state index in [1.807, 2.05) is 6.07 Å². The summed E-state index contributed by atoms with van der Waals surface area (Å²) >= 11 is 0. The van der Waals surface area contributed by atoms with Gasteiger partial charge in [-0.05, 0) is 38.1 Å². The number of fused-ring (bicyclic) bond motifs is 1. The molecule has 2 heterocycles. The molecule has 1 fully saturated rings. The number of rotatable bonds is 4. The molecule has 1 saturated heterocycles. The van der Waals surface area contributed by atoms with Crippen LogP contribution in [0.15, 0.2) is 30.6 Å². The van der Waals surface area contributed by atoms with E-state index in [9.17, 15) is 0 Å². The molecule has 1 aliphatic rings. The quantitative estimate of drug-likeness (QED) is 0.848. The molecule has 0 radical (unpaired) electrons. The maximum atomic E-state index is 4.47. The fraction of sp³-hybridized carbons (Fsp3) is 0.500. The van der Waals surface area contributed by atoms with Gasteiger partial charge in [-0.1, -0.05) is 12.1 Å². The SMILES string of the molecule is CN1CCN(CCCc2cccc3nccnc23)CC1. The first-order chi connectivity index (χ1) is 9.83. The van der Waals surface area contributed by atoms with Crippen LogP contribution in [0.1, 0.15) is 12.0 Å². The molecule has 0 bridgehead atoms. The largest absolute Gasteiger partial charge is 0.304 e. The van der Waals surface area contributed by atoms with Crippen LogP contribution in [0.4, 0.5) is 0 Å². The summed E-state index contributed by atoms with van der Waals surface area (Å²) in [5.41, 5.74) is 3.39. The standard InChI is InChI=1S/C16H22N4/c1-19-10-12-20(13-11-19)9-3-5-14-4-2-6-15-16(14)18-8-7-17-15/h2,4,6-8H,3,5,9-13H2,1H3. The van der Waals surface area contributed by atoms with E-state index in [2.05, 4.69) is 38.9 Å². The molecular formula is C16H22N4. The third-order valence-corrected chi connectivity index (χ3v) is 4.10. The first-order valence-electron chi connectivity index (χ1n) is 7.42. The average molecular weight is 270 g/mol. The van der Waals surface area contributed by atoms with Crippen molar-refractivity contribution >= 4 is 11.0 Å². The predicted molar refractivity (Wildman–Crippen MR) is 81.8 cm³/mol. The summed E-state index contributed by atoms with van der Waals surface area (Å²) in [6.07, 6.45) is 5.82. The molecule has 0 amide bonds. The summed E-state index contributed by atoms with van der Waals surface area (Å²) < 4.78 is 0. The number of aryl methyl sites for hydroxylation is 1. The molecule has 4 heteroatoms. The zero-order valence-electron chi connectivity index (χ0n) is 12.1. The van der Waals surface area contributed by atoms with Gasteiger partial charge in [0.05, 0.1) is 11.0 Å². The Hall–Kier alpha value is -1.52. The minimum absolute atomic E-state index is 1.00. The highest BCUT2D eigenvalue weighted by atomic mass is 15.2. The van der Waals surface area contributed by atoms with Crippen molar-refractivity contribution in [2.75, 3.05) is 39.8 Å². The van der Waals surface area contributed by atoms with Gasteiger partial charge in [-0.2, -0.15) is 0 Å². The van der Waals surface area contributed by atoms with Gasteiger partial charge in [0, 0.05) is 38.6 Å². The van der Waals surface area contributed by atoms with Crippen molar-refractivity contribution in [1.29, 1.82) is 0 Å². The Morgan fingerprint density at radius 2 is 1.85 bits per heavy atom. The lowest BCUT2D eigenvalue weighted by Crippen LogP contribution is -2.44. The normalized spacial score (nSPS) is 17.6. The van der Waals surface area contributed by atoms with Crippen molar-refractivity contribution in [2.24, 2.45) is 0 Å². The van der Waals surface area contributed by atoms with E-state index in [1.54, 1.807) is 12.4 Å². The molecule has 0 aliphatic carbocycles. The van der Waals surface area contributed by atoms with Crippen molar-refractivity contribution in [3.05, 3.63) is 36.2 Å². The van der Waals surface area contributed by atoms with Gasteiger partial charge >= 0.3 is 0 Å². The molecule has 0 atom stereocenters. The number of likely N-dealkylation sites (N-methyl/N-ethyl adjacent to an activating group) is 1. The van der Waals surface area contributed by atoms with E-state index in [0.29, 0.717) is 0 Å². The number of hydrogen-bond donors (Lipinski definition) is 0. The number of benzene rings is 1. The highest BCUT2D eigenvalue weighted by Crippen LogP contribution is 2.15. The second-order valence-corrected chi connectivity index (χ2v) is 5.59. The molecular weight excluding hydrogens is 248 g/mol. The number of aromatic nitrogens is 2. The van der Waals surface area contributed by atoms with Gasteiger partial charge in [-0.15, -0.1) is 0 Å². The Morgan fingerprint density at radius 1 is 1.05 bits per heavy atom. The van der Waals surface area contributed by atoms with Crippen molar-refractivity contribution in [3.8, 4) is 0 Å². The highest BCUT2D eigenvalue weighted by molar-refractivity contribution is 5.77. The van der Waals surface area contributed by atoms with Gasteiger partial charge in [0.25, 0.3) is 0 Å². The van der Waals surface area contributed by atoms with Crippen LogP contribution in [0.25, 0.3) is 11.0 Å². The first kappa shape index (κ1) is 13.5. The summed E-state index contributed by atoms with van der Waals surface area (Å²) in [5.74, 6) is 0. The summed E-state index contributed by atoms with van der Waals surface area (Å²) in [4.78, 5) is 13.8. The second kappa shape index (κ2) is 6.29. The van der Waals surface area contributed by atoms with E-state index < -0.39 is 0 Å². The van der Waals surface area contributed by atoms with Crippen LogP contribution in [0.2, 0.25) is 0 Å². The maximum absolute atomic E-state index is 4.47. The Balaban J connectivity index is 1.57. The summed E-state index contributed by atoms with van der Waals surface area (Å²) in [7, 11) is 2.20. The molecule has 0 spiro atoms. The van der Waals surface area contributed by atoms with Gasteiger partial charge in [0.2, 0.25) is 0 Å². The van der Waals surface area contributed by atoms with Crippen molar-refractivity contribution in [1.82, 2.24) is 19.8 Å². The molecule has 3 rings (SSSR count). The Labute approximate surface area is 120 Å². The van der Waals surface area contributed by atoms with Crippen LogP contribution in [-0.2, 0) is 6.42 Å². The van der Waals surface area contributed by atoms with Gasteiger partial charge in [0.15, 0.2) is 0 Å². The fourth-order valence-electron chi connectivity index (χ4n) is 2.82. The minimum Gasteiger partial charge on any atom is -0.304 e. The molecule has 2 aromatic rings. The van der Waals surface area contributed by atoms with E-state index >= 15 is 0 Å². The van der Waals surface area contributed by atoms with Crippen molar-refractivity contribution < 1.29 is 0 Å². The smallest absolute Gasteiger partial charge is 0.0918 e. The minimum atomic E-state index is 1.00. The van der Waals surface area contributed by atoms with Crippen LogP contribution >= 0.6 is 0 Å². The van der Waals surface area contributed by atoms with E-state index in [4.69, 9.17) is 0 Å². The monoisotopic (exact) mass is 270 g/mol. The Bertz CT molecular complexity index is 556. The molecule has 1 aromatic carbocycles. The number of nitrogens with zero attached hydrogens (tertiary/aromatic N) is 4. The van der Waals surface area contributed by atoms with Crippen molar-refractivity contribution in [3.63, 3.8) is 0 Å². The number of hydrogen-bond acceptors (Lipinski definition) is 4. The predicted octanol–water partition coefficient (Wildman–Crippen LogP) is 1.81. The maximum Gasteiger partial charge on any atom is 0.0918 e. The average Bonchev–Trinajstić information content (AvgIpc) is 2.49. The fourth-order valence-corrected chi connectivity index (χ4v) is 2.82. The lowest BCUT2D eigenvalue weighted by Gasteiger charge is -2.32. The zero-order chi connectivity index (χ0) is 13.8. The van der Waals surface area contributed by atoms with Gasteiger partial charge < -0.3 is 9.80 Å². The summed E-state index contributed by atoms with van der Waals surface area (Å²) in [6, 6.07) is 6.30. The molecule has 4 nitrogen and oxygen atoms in total. The highest BCUT2D eigenvalue weighted by Gasteiger charge is 2.13. The van der Waals surface area contributed by atoms with Gasteiger partial charge in [0.1, 0.15) is 0 Å². The van der Waals surface area contributed by atoms with E-state index in [1.165, 1.54) is 44.7 Å². The van der Waals surface area contributed by atoms with E-state index in [0.717, 1.165) is 17.5 Å². The van der Waals surface area contributed by atoms with E-state index in [-0.39, 0.29) is 0 Å². The molecule has 0 saturated carbocycles. The lowest BCUT2D eigenvalue weighted by atomic mass is 10.1. The molecule has 106 valence electrons. The number of para-hydroxylation sites is 1. The van der Waals surface area contributed by atoms with Crippen LogP contribution in [-0.4, -0.2) is 59.5 Å². The topological polar surface area (TPSA) is 32.3 Å². The zero-order valence-corrected chi connectivity index (χ0v) is 12.1. The summed E-state index contributed by atoms with van der Waals surface area (Å²) in [5, 5.41) is 0. The lowest BCUT2D eigenvalue weighted by molar-refractivity contribution is 0.153. The third kappa shape index (κ3) is 3.14. The Morgan fingerprint density at radius 3 is 2.70 bits per heavy atom. The molecule has 1 aromatic heterocycles. The molecule has 0 unspecified atom stereocenters. The first-order valence-corrected chi connectivity index (χ1v) is 7.42. The van der Waals surface area contributed by atoms with Crippen LogP contribution in [0, 0.1) is 0 Å². The van der Waals surface area contributed by atoms with Crippen LogP contribution in [0.5, 0.6) is 0 Å². The second-order valence-electron chi connectivity index (χ2n) is 5.59. The Kier molecular flexibility index (Phi) is 4.23. The van der Waals surface area contributed by atoms with Gasteiger partial charge in [-0.25, -0.2) is 0 Å². The van der Waals surface area contributed by atoms with Gasteiger partial charge in [-0.3, -0.25) is 9.97 Å². The molecule has 1 aliphatic heterocycles. The number of piperazine rings is 1. The summed E-state index contributed by atoms with van der Waals surface area (Å²) in [6.45, 7) is 5.97. The molecule has 0 N–H and O–H groups in total.